The van der Waals surface area contributed by atoms with E-state index in [0.717, 1.165) is 16.7 Å². The molecule has 27 heavy (non-hydrogen) atoms. The second kappa shape index (κ2) is 6.96. The largest absolute Gasteiger partial charge is 0.504 e. The predicted molar refractivity (Wildman–Crippen MR) is 103 cm³/mol. The first-order valence-corrected chi connectivity index (χ1v) is 8.90. The number of nitrogens with zero attached hydrogens (tertiary/aromatic N) is 2. The fraction of sp³-hybridized carbons (Fsp3) is 0.200. The molecule has 1 amide bonds. The maximum Gasteiger partial charge on any atom is 0.226 e. The smallest absolute Gasteiger partial charge is 0.226 e. The highest BCUT2D eigenvalue weighted by atomic mass is 35.5. The van der Waals surface area contributed by atoms with Crippen LogP contribution in [0.2, 0.25) is 5.02 Å². The first kappa shape index (κ1) is 17.4. The Balaban J connectivity index is 1.72. The summed E-state index contributed by atoms with van der Waals surface area (Å²) in [4.78, 5) is 12.3. The van der Waals surface area contributed by atoms with Crippen LogP contribution in [0.1, 0.15) is 29.0 Å². The first-order valence-electron chi connectivity index (χ1n) is 8.52. The molecule has 0 fully saturated rings. The average molecular weight is 384 g/mol. The highest BCUT2D eigenvalue weighted by Crippen LogP contribution is 2.40. The molecule has 4 rings (SSSR count). The van der Waals surface area contributed by atoms with Crippen LogP contribution < -0.4 is 10.1 Å². The highest BCUT2D eigenvalue weighted by molar-refractivity contribution is 6.31. The van der Waals surface area contributed by atoms with Crippen molar-refractivity contribution in [3.05, 3.63) is 70.4 Å². The van der Waals surface area contributed by atoms with Gasteiger partial charge in [0, 0.05) is 22.9 Å². The maximum absolute atomic E-state index is 12.3. The van der Waals surface area contributed by atoms with E-state index < -0.39 is 0 Å². The molecule has 1 aliphatic rings. The topological polar surface area (TPSA) is 76.4 Å². The van der Waals surface area contributed by atoms with Gasteiger partial charge in [0.15, 0.2) is 11.5 Å². The van der Waals surface area contributed by atoms with Crippen LogP contribution in [-0.2, 0) is 11.3 Å². The summed E-state index contributed by atoms with van der Waals surface area (Å²) in [5, 5.41) is 17.9. The summed E-state index contributed by atoms with van der Waals surface area (Å²) in [5.41, 5.74) is 2.74. The van der Waals surface area contributed by atoms with E-state index >= 15 is 0 Å². The van der Waals surface area contributed by atoms with Gasteiger partial charge in [-0.15, -0.1) is 0 Å². The van der Waals surface area contributed by atoms with E-state index in [0.29, 0.717) is 29.6 Å². The van der Waals surface area contributed by atoms with Gasteiger partial charge in [-0.05, 0) is 29.3 Å². The minimum absolute atomic E-state index is 0.0659. The van der Waals surface area contributed by atoms with Gasteiger partial charge in [0.25, 0.3) is 0 Å². The van der Waals surface area contributed by atoms with E-state index in [2.05, 4.69) is 10.4 Å². The molecule has 2 N–H and O–H groups in total. The number of fused-ring (bicyclic) bond motifs is 1. The maximum atomic E-state index is 12.3. The Kier molecular flexibility index (Phi) is 4.49. The molecule has 0 saturated heterocycles. The Hall–Kier alpha value is -2.99. The Labute approximate surface area is 161 Å². The van der Waals surface area contributed by atoms with Crippen molar-refractivity contribution in [2.75, 3.05) is 12.4 Å². The van der Waals surface area contributed by atoms with E-state index in [1.54, 1.807) is 29.1 Å². The van der Waals surface area contributed by atoms with Gasteiger partial charge in [-0.2, -0.15) is 5.10 Å². The van der Waals surface area contributed by atoms with Crippen LogP contribution in [0.3, 0.4) is 0 Å². The normalized spacial score (nSPS) is 15.9. The minimum Gasteiger partial charge on any atom is -0.504 e. The number of anilines is 1. The first-order chi connectivity index (χ1) is 13.1. The van der Waals surface area contributed by atoms with E-state index in [4.69, 9.17) is 16.3 Å². The number of ether oxygens (including phenoxy) is 1. The second-order valence-electron chi connectivity index (χ2n) is 6.43. The van der Waals surface area contributed by atoms with Crippen molar-refractivity contribution in [2.24, 2.45) is 0 Å². The number of rotatable bonds is 4. The fourth-order valence-corrected chi connectivity index (χ4v) is 3.58. The van der Waals surface area contributed by atoms with Crippen molar-refractivity contribution in [1.82, 2.24) is 9.78 Å². The molecule has 2 heterocycles. The highest BCUT2D eigenvalue weighted by Gasteiger charge is 2.30. The number of carbonyl (C=O) groups is 1. The van der Waals surface area contributed by atoms with Gasteiger partial charge in [0.05, 0.1) is 19.9 Å². The summed E-state index contributed by atoms with van der Waals surface area (Å²) < 4.78 is 6.95. The Morgan fingerprint density at radius 2 is 2.15 bits per heavy atom. The van der Waals surface area contributed by atoms with Gasteiger partial charge in [-0.3, -0.25) is 4.79 Å². The number of aromatic nitrogens is 2. The van der Waals surface area contributed by atoms with Crippen molar-refractivity contribution in [3.63, 3.8) is 0 Å². The molecular formula is C20H18ClN3O3. The number of hydrogen-bond donors (Lipinski definition) is 2. The molecule has 2 aromatic carbocycles. The predicted octanol–water partition coefficient (Wildman–Crippen LogP) is 3.77. The van der Waals surface area contributed by atoms with Gasteiger partial charge in [-0.25, -0.2) is 4.68 Å². The molecule has 138 valence electrons. The number of methoxy groups -OCH3 is 1. The number of amides is 1. The monoisotopic (exact) mass is 383 g/mol. The van der Waals surface area contributed by atoms with Crippen LogP contribution in [0, 0.1) is 0 Å². The lowest BCUT2D eigenvalue weighted by molar-refractivity contribution is -0.116. The van der Waals surface area contributed by atoms with Gasteiger partial charge in [-0.1, -0.05) is 35.9 Å². The van der Waals surface area contributed by atoms with Gasteiger partial charge in [0.1, 0.15) is 5.82 Å². The standard InChI is InChI=1S/C20H18ClN3O3/c1-27-18-8-12(6-7-17(18)25)14-9-19(26)23-20-15(14)10-22-24(20)11-13-4-2-3-5-16(13)21/h2-8,10,14,25H,9,11H2,1H3,(H,23,26). The van der Waals surface area contributed by atoms with E-state index in [1.165, 1.54) is 7.11 Å². The summed E-state index contributed by atoms with van der Waals surface area (Å²) >= 11 is 6.26. The van der Waals surface area contributed by atoms with Crippen molar-refractivity contribution in [3.8, 4) is 11.5 Å². The third kappa shape index (κ3) is 3.24. The van der Waals surface area contributed by atoms with Gasteiger partial charge < -0.3 is 15.2 Å². The number of nitrogens with one attached hydrogen (secondary N) is 1. The van der Waals surface area contributed by atoms with Crippen molar-refractivity contribution in [2.45, 2.75) is 18.9 Å². The summed E-state index contributed by atoms with van der Waals surface area (Å²) in [7, 11) is 1.50. The number of benzene rings is 2. The van der Waals surface area contributed by atoms with Crippen LogP contribution in [0.4, 0.5) is 5.82 Å². The Bertz CT molecular complexity index is 1020. The van der Waals surface area contributed by atoms with Gasteiger partial charge >= 0.3 is 0 Å². The van der Waals surface area contributed by atoms with Crippen molar-refractivity contribution >= 4 is 23.3 Å². The lowest BCUT2D eigenvalue weighted by Gasteiger charge is -2.24. The zero-order chi connectivity index (χ0) is 19.0. The SMILES string of the molecule is COc1cc(C2CC(=O)Nc3c2cnn3Cc2ccccc2Cl)ccc1O. The quantitative estimate of drug-likeness (QED) is 0.719. The van der Waals surface area contributed by atoms with Crippen LogP contribution in [-0.4, -0.2) is 27.9 Å². The molecule has 0 aliphatic carbocycles. The number of phenolic OH excluding ortho intramolecular Hbond substituents is 1. The zero-order valence-electron chi connectivity index (χ0n) is 14.6. The molecule has 7 heteroatoms. The van der Waals surface area contributed by atoms with Crippen LogP contribution in [0.25, 0.3) is 0 Å². The molecule has 0 saturated carbocycles. The lowest BCUT2D eigenvalue weighted by atomic mass is 9.87. The number of halogens is 1. The molecule has 1 aliphatic heterocycles. The van der Waals surface area contributed by atoms with Crippen LogP contribution in [0.5, 0.6) is 11.5 Å². The number of carbonyl (C=O) groups excluding carboxylic acids is 1. The summed E-state index contributed by atoms with van der Waals surface area (Å²) in [5.74, 6) is 0.867. The van der Waals surface area contributed by atoms with E-state index in [9.17, 15) is 9.90 Å². The third-order valence-corrected chi connectivity index (χ3v) is 5.14. The third-order valence-electron chi connectivity index (χ3n) is 4.77. The van der Waals surface area contributed by atoms with E-state index in [1.807, 2.05) is 24.3 Å². The Morgan fingerprint density at radius 1 is 1.33 bits per heavy atom. The fourth-order valence-electron chi connectivity index (χ4n) is 3.39. The minimum atomic E-state index is -0.164. The lowest BCUT2D eigenvalue weighted by Crippen LogP contribution is -2.25. The molecule has 0 radical (unpaired) electrons. The molecular weight excluding hydrogens is 366 g/mol. The molecule has 1 unspecified atom stereocenters. The summed E-state index contributed by atoms with van der Waals surface area (Å²) in [6.07, 6.45) is 2.08. The molecule has 6 nitrogen and oxygen atoms in total. The summed E-state index contributed by atoms with van der Waals surface area (Å²) in [6, 6.07) is 12.7. The number of phenols is 1. The molecule has 0 bridgehead atoms. The van der Waals surface area contributed by atoms with Crippen LogP contribution >= 0.6 is 11.6 Å². The molecule has 0 spiro atoms. The Morgan fingerprint density at radius 3 is 2.93 bits per heavy atom. The van der Waals surface area contributed by atoms with Crippen molar-refractivity contribution in [1.29, 1.82) is 0 Å². The average Bonchev–Trinajstić information content (AvgIpc) is 3.06. The second-order valence-corrected chi connectivity index (χ2v) is 6.84. The zero-order valence-corrected chi connectivity index (χ0v) is 15.4. The summed E-state index contributed by atoms with van der Waals surface area (Å²) in [6.45, 7) is 0.459. The van der Waals surface area contributed by atoms with Crippen LogP contribution in [0.15, 0.2) is 48.7 Å². The number of hydrogen-bond acceptors (Lipinski definition) is 4. The van der Waals surface area contributed by atoms with E-state index in [-0.39, 0.29) is 17.6 Å². The molecule has 1 atom stereocenters. The number of aromatic hydroxyl groups is 1. The van der Waals surface area contributed by atoms with Crippen molar-refractivity contribution < 1.29 is 14.6 Å². The molecule has 1 aromatic heterocycles. The molecule has 3 aromatic rings. The van der Waals surface area contributed by atoms with Gasteiger partial charge in [0.2, 0.25) is 5.91 Å².